The predicted octanol–water partition coefficient (Wildman–Crippen LogP) is 2.98. The topological polar surface area (TPSA) is 44.9 Å². The van der Waals surface area contributed by atoms with Gasteiger partial charge in [0.05, 0.1) is 0 Å². The number of anilines is 1. The average molecular weight is 242 g/mol. The van der Waals surface area contributed by atoms with E-state index in [1.54, 1.807) is 11.4 Å². The summed E-state index contributed by atoms with van der Waals surface area (Å²) in [6.07, 6.45) is -4.87. The van der Waals surface area contributed by atoms with Crippen LogP contribution in [0, 0.1) is 6.92 Å². The first-order valence-electron chi connectivity index (χ1n) is 4.84. The number of aromatic amines is 1. The van der Waals surface area contributed by atoms with Crippen LogP contribution in [-0.4, -0.2) is 17.1 Å². The molecule has 0 atom stereocenters. The SMILES string of the molecule is Cc1cc2ccc(NC(=O)C(F)(F)F)cc2[nH]1. The number of hydrogen-bond donors (Lipinski definition) is 2. The number of carbonyl (C=O) groups is 1. The number of aromatic nitrogens is 1. The van der Waals surface area contributed by atoms with Gasteiger partial charge in [-0.1, -0.05) is 6.07 Å². The van der Waals surface area contributed by atoms with Crippen molar-refractivity contribution >= 4 is 22.5 Å². The zero-order valence-electron chi connectivity index (χ0n) is 8.85. The molecule has 3 nitrogen and oxygen atoms in total. The van der Waals surface area contributed by atoms with Gasteiger partial charge in [-0.05, 0) is 30.5 Å². The molecule has 1 heterocycles. The summed E-state index contributed by atoms with van der Waals surface area (Å²) < 4.78 is 36.1. The first-order valence-corrected chi connectivity index (χ1v) is 4.84. The van der Waals surface area contributed by atoms with E-state index in [9.17, 15) is 18.0 Å². The molecule has 17 heavy (non-hydrogen) atoms. The van der Waals surface area contributed by atoms with Crippen LogP contribution in [0.4, 0.5) is 18.9 Å². The molecule has 0 radical (unpaired) electrons. The number of fused-ring (bicyclic) bond motifs is 1. The molecular formula is C11H9F3N2O. The van der Waals surface area contributed by atoms with Gasteiger partial charge in [-0.15, -0.1) is 0 Å². The third-order valence-electron chi connectivity index (χ3n) is 2.27. The molecule has 1 amide bonds. The van der Waals surface area contributed by atoms with Crippen LogP contribution in [0.5, 0.6) is 0 Å². The highest BCUT2D eigenvalue weighted by Crippen LogP contribution is 2.22. The van der Waals surface area contributed by atoms with Gasteiger partial charge in [0.1, 0.15) is 0 Å². The largest absolute Gasteiger partial charge is 0.471 e. The highest BCUT2D eigenvalue weighted by Gasteiger charge is 2.38. The monoisotopic (exact) mass is 242 g/mol. The maximum atomic E-state index is 12.0. The van der Waals surface area contributed by atoms with Crippen LogP contribution in [0.25, 0.3) is 10.9 Å². The fourth-order valence-corrected chi connectivity index (χ4v) is 1.55. The maximum absolute atomic E-state index is 12.0. The molecule has 2 aromatic rings. The van der Waals surface area contributed by atoms with Crippen LogP contribution in [0.3, 0.4) is 0 Å². The maximum Gasteiger partial charge on any atom is 0.471 e. The minimum Gasteiger partial charge on any atom is -0.359 e. The molecular weight excluding hydrogens is 233 g/mol. The molecule has 0 fully saturated rings. The van der Waals surface area contributed by atoms with E-state index in [-0.39, 0.29) is 5.69 Å². The molecule has 0 saturated carbocycles. The van der Waals surface area contributed by atoms with Crippen LogP contribution in [0.2, 0.25) is 0 Å². The van der Waals surface area contributed by atoms with Crippen LogP contribution < -0.4 is 5.32 Å². The lowest BCUT2D eigenvalue weighted by Gasteiger charge is -2.07. The smallest absolute Gasteiger partial charge is 0.359 e. The van der Waals surface area contributed by atoms with Gasteiger partial charge in [-0.3, -0.25) is 4.79 Å². The normalized spacial score (nSPS) is 11.8. The third-order valence-corrected chi connectivity index (χ3v) is 2.27. The molecule has 2 N–H and O–H groups in total. The highest BCUT2D eigenvalue weighted by atomic mass is 19.4. The van der Waals surface area contributed by atoms with Crippen molar-refractivity contribution in [2.75, 3.05) is 5.32 Å². The molecule has 2 rings (SSSR count). The molecule has 0 aliphatic rings. The number of halogens is 3. The molecule has 0 spiro atoms. The number of aryl methyl sites for hydroxylation is 1. The van der Waals surface area contributed by atoms with Crippen molar-refractivity contribution < 1.29 is 18.0 Å². The van der Waals surface area contributed by atoms with Crippen LogP contribution in [0.1, 0.15) is 5.69 Å². The van der Waals surface area contributed by atoms with Gasteiger partial charge in [-0.2, -0.15) is 13.2 Å². The van der Waals surface area contributed by atoms with E-state index in [1.165, 1.54) is 12.1 Å². The number of carbonyl (C=O) groups excluding carboxylic acids is 1. The Labute approximate surface area is 94.6 Å². The van der Waals surface area contributed by atoms with Crippen molar-refractivity contribution in [3.63, 3.8) is 0 Å². The highest BCUT2D eigenvalue weighted by molar-refractivity contribution is 5.96. The Balaban J connectivity index is 2.28. The molecule has 1 aromatic carbocycles. The van der Waals surface area contributed by atoms with E-state index in [0.717, 1.165) is 11.1 Å². The molecule has 6 heteroatoms. The lowest BCUT2D eigenvalue weighted by molar-refractivity contribution is -0.167. The van der Waals surface area contributed by atoms with E-state index in [1.807, 2.05) is 13.0 Å². The first-order chi connectivity index (χ1) is 7.86. The van der Waals surface area contributed by atoms with Crippen molar-refractivity contribution in [3.05, 3.63) is 30.0 Å². The van der Waals surface area contributed by atoms with Gasteiger partial charge < -0.3 is 10.3 Å². The van der Waals surface area contributed by atoms with Gasteiger partial charge in [0.25, 0.3) is 0 Å². The first kappa shape index (κ1) is 11.5. The van der Waals surface area contributed by atoms with Crippen molar-refractivity contribution in [1.82, 2.24) is 4.98 Å². The summed E-state index contributed by atoms with van der Waals surface area (Å²) in [7, 11) is 0. The fraction of sp³-hybridized carbons (Fsp3) is 0.182. The van der Waals surface area contributed by atoms with Gasteiger partial charge >= 0.3 is 12.1 Å². The third kappa shape index (κ3) is 2.41. The Hall–Kier alpha value is -1.98. The number of H-pyrrole nitrogens is 1. The quantitative estimate of drug-likeness (QED) is 0.793. The molecule has 90 valence electrons. The summed E-state index contributed by atoms with van der Waals surface area (Å²) in [5.41, 5.74) is 1.70. The van der Waals surface area contributed by atoms with Gasteiger partial charge in [0, 0.05) is 16.9 Å². The number of hydrogen-bond acceptors (Lipinski definition) is 1. The number of amides is 1. The van der Waals surface area contributed by atoms with Crippen LogP contribution in [-0.2, 0) is 4.79 Å². The summed E-state index contributed by atoms with van der Waals surface area (Å²) in [5, 5.41) is 2.68. The molecule has 0 saturated heterocycles. The summed E-state index contributed by atoms with van der Waals surface area (Å²) in [6.45, 7) is 1.84. The van der Waals surface area contributed by atoms with Crippen molar-refractivity contribution in [1.29, 1.82) is 0 Å². The Kier molecular flexibility index (Phi) is 2.57. The van der Waals surface area contributed by atoms with E-state index >= 15 is 0 Å². The van der Waals surface area contributed by atoms with Crippen molar-refractivity contribution in [3.8, 4) is 0 Å². The Morgan fingerprint density at radius 1 is 1.29 bits per heavy atom. The summed E-state index contributed by atoms with van der Waals surface area (Å²) in [4.78, 5) is 13.7. The van der Waals surface area contributed by atoms with Gasteiger partial charge in [-0.25, -0.2) is 0 Å². The van der Waals surface area contributed by atoms with E-state index in [0.29, 0.717) is 5.52 Å². The summed E-state index contributed by atoms with van der Waals surface area (Å²) >= 11 is 0. The lowest BCUT2D eigenvalue weighted by Crippen LogP contribution is -2.29. The number of benzene rings is 1. The standard InChI is InChI=1S/C11H9F3N2O/c1-6-4-7-2-3-8(5-9(7)15-6)16-10(17)11(12,13)14/h2-5,15H,1H3,(H,16,17). The zero-order valence-corrected chi connectivity index (χ0v) is 8.85. The molecule has 0 aliphatic heterocycles. The Bertz CT molecular complexity index is 572. The average Bonchev–Trinajstić information content (AvgIpc) is 2.55. The molecule has 0 aliphatic carbocycles. The molecule has 0 bridgehead atoms. The Morgan fingerprint density at radius 3 is 2.65 bits per heavy atom. The summed E-state index contributed by atoms with van der Waals surface area (Å²) in [6, 6.07) is 6.40. The number of rotatable bonds is 1. The van der Waals surface area contributed by atoms with E-state index in [2.05, 4.69) is 4.98 Å². The van der Waals surface area contributed by atoms with Gasteiger partial charge in [0.15, 0.2) is 0 Å². The van der Waals surface area contributed by atoms with E-state index in [4.69, 9.17) is 0 Å². The summed E-state index contributed by atoms with van der Waals surface area (Å²) in [5.74, 6) is -1.97. The van der Waals surface area contributed by atoms with Crippen molar-refractivity contribution in [2.45, 2.75) is 13.1 Å². The fourth-order valence-electron chi connectivity index (χ4n) is 1.55. The van der Waals surface area contributed by atoms with Crippen LogP contribution in [0.15, 0.2) is 24.3 Å². The molecule has 1 aromatic heterocycles. The zero-order chi connectivity index (χ0) is 12.6. The lowest BCUT2D eigenvalue weighted by atomic mass is 10.2. The van der Waals surface area contributed by atoms with E-state index < -0.39 is 12.1 Å². The van der Waals surface area contributed by atoms with Crippen molar-refractivity contribution in [2.24, 2.45) is 0 Å². The molecule has 0 unspecified atom stereocenters. The number of nitrogens with one attached hydrogen (secondary N) is 2. The predicted molar refractivity (Wildman–Crippen MR) is 57.7 cm³/mol. The van der Waals surface area contributed by atoms with Gasteiger partial charge in [0.2, 0.25) is 0 Å². The second-order valence-electron chi connectivity index (χ2n) is 3.71. The second-order valence-corrected chi connectivity index (χ2v) is 3.71. The van der Waals surface area contributed by atoms with Crippen LogP contribution >= 0.6 is 0 Å². The number of alkyl halides is 3. The Morgan fingerprint density at radius 2 is 2.00 bits per heavy atom. The minimum atomic E-state index is -4.87. The minimum absolute atomic E-state index is 0.113. The second kappa shape index (κ2) is 3.80.